The number of ether oxygens (including phenoxy) is 1. The van der Waals surface area contributed by atoms with Crippen molar-refractivity contribution in [2.75, 3.05) is 57.9 Å². The van der Waals surface area contributed by atoms with Crippen LogP contribution in [0.2, 0.25) is 0 Å². The Bertz CT molecular complexity index is 584. The predicted molar refractivity (Wildman–Crippen MR) is 101 cm³/mol. The van der Waals surface area contributed by atoms with E-state index in [0.29, 0.717) is 12.0 Å². The monoisotopic (exact) mass is 345 g/mol. The van der Waals surface area contributed by atoms with Gasteiger partial charge in [-0.15, -0.1) is 0 Å². The Labute approximate surface area is 151 Å². The molecule has 0 spiro atoms. The van der Waals surface area contributed by atoms with Crippen molar-refractivity contribution in [3.05, 3.63) is 29.8 Å². The summed E-state index contributed by atoms with van der Waals surface area (Å²) in [6, 6.07) is 8.62. The molecule has 2 fully saturated rings. The molecule has 0 bridgehead atoms. The number of carbonyl (C=O) groups excluding carboxylic acids is 1. The van der Waals surface area contributed by atoms with Crippen LogP contribution in [0.25, 0.3) is 0 Å². The number of amides is 1. The van der Waals surface area contributed by atoms with Gasteiger partial charge in [-0.3, -0.25) is 4.79 Å². The Balaban J connectivity index is 1.60. The maximum Gasteiger partial charge on any atom is 0.253 e. The Hall–Kier alpha value is -1.59. The molecular weight excluding hydrogens is 314 g/mol. The number of nitrogens with zero attached hydrogens (tertiary/aromatic N) is 3. The first-order valence-electron chi connectivity index (χ1n) is 9.47. The van der Waals surface area contributed by atoms with Gasteiger partial charge in [-0.05, 0) is 50.9 Å². The quantitative estimate of drug-likeness (QED) is 0.821. The molecule has 0 aliphatic carbocycles. The van der Waals surface area contributed by atoms with Crippen LogP contribution >= 0.6 is 0 Å². The van der Waals surface area contributed by atoms with E-state index in [4.69, 9.17) is 4.74 Å². The maximum atomic E-state index is 12.9. The average molecular weight is 345 g/mol. The second-order valence-electron chi connectivity index (χ2n) is 7.58. The van der Waals surface area contributed by atoms with Gasteiger partial charge in [0.25, 0.3) is 5.91 Å². The molecule has 5 heteroatoms. The highest BCUT2D eigenvalue weighted by Crippen LogP contribution is 2.21. The second-order valence-corrected chi connectivity index (χ2v) is 7.58. The molecule has 0 aromatic heterocycles. The molecule has 1 atom stereocenters. The van der Waals surface area contributed by atoms with Crippen molar-refractivity contribution < 1.29 is 9.53 Å². The summed E-state index contributed by atoms with van der Waals surface area (Å²) in [7, 11) is 1.93. The highest BCUT2D eigenvalue weighted by molar-refractivity contribution is 5.95. The van der Waals surface area contributed by atoms with Gasteiger partial charge in [0.1, 0.15) is 0 Å². The third-order valence-corrected chi connectivity index (χ3v) is 5.40. The predicted octanol–water partition coefficient (Wildman–Crippen LogP) is 2.33. The minimum absolute atomic E-state index is 0.123. The van der Waals surface area contributed by atoms with Gasteiger partial charge in [0, 0.05) is 50.5 Å². The van der Waals surface area contributed by atoms with Crippen LogP contribution in [-0.2, 0) is 4.74 Å². The van der Waals surface area contributed by atoms with Gasteiger partial charge < -0.3 is 19.4 Å². The lowest BCUT2D eigenvalue weighted by Gasteiger charge is -2.29. The number of likely N-dealkylation sites (tertiary alicyclic amines) is 1. The van der Waals surface area contributed by atoms with Crippen LogP contribution in [0.5, 0.6) is 0 Å². The zero-order valence-electron chi connectivity index (χ0n) is 15.8. The molecule has 1 unspecified atom stereocenters. The average Bonchev–Trinajstić information content (AvgIpc) is 3.11. The zero-order chi connectivity index (χ0) is 17.8. The first-order chi connectivity index (χ1) is 12.0. The third kappa shape index (κ3) is 4.53. The fourth-order valence-electron chi connectivity index (χ4n) is 3.83. The van der Waals surface area contributed by atoms with E-state index in [1.807, 2.05) is 30.1 Å². The Kier molecular flexibility index (Phi) is 5.97. The lowest BCUT2D eigenvalue weighted by atomic mass is 10.1. The van der Waals surface area contributed by atoms with E-state index >= 15 is 0 Å². The van der Waals surface area contributed by atoms with E-state index in [1.54, 1.807) is 0 Å². The van der Waals surface area contributed by atoms with E-state index in [2.05, 4.69) is 29.7 Å². The summed E-state index contributed by atoms with van der Waals surface area (Å²) >= 11 is 0. The van der Waals surface area contributed by atoms with Crippen molar-refractivity contribution in [2.45, 2.75) is 26.3 Å². The summed E-state index contributed by atoms with van der Waals surface area (Å²) < 4.78 is 5.42. The van der Waals surface area contributed by atoms with Gasteiger partial charge in [-0.1, -0.05) is 6.07 Å². The van der Waals surface area contributed by atoms with E-state index in [0.717, 1.165) is 57.2 Å². The highest BCUT2D eigenvalue weighted by Gasteiger charge is 2.26. The normalized spacial score (nSPS) is 21.8. The number of morpholine rings is 1. The van der Waals surface area contributed by atoms with Crippen LogP contribution < -0.4 is 4.90 Å². The van der Waals surface area contributed by atoms with Crippen molar-refractivity contribution in [3.63, 3.8) is 0 Å². The molecule has 2 aliphatic heterocycles. The van der Waals surface area contributed by atoms with Crippen molar-refractivity contribution >= 4 is 11.6 Å². The first kappa shape index (κ1) is 18.2. The minimum Gasteiger partial charge on any atom is -0.378 e. The number of anilines is 1. The first-order valence-corrected chi connectivity index (χ1v) is 9.47. The maximum absolute atomic E-state index is 12.9. The lowest BCUT2D eigenvalue weighted by molar-refractivity contribution is 0.0772. The van der Waals surface area contributed by atoms with Crippen molar-refractivity contribution in [1.29, 1.82) is 0 Å². The van der Waals surface area contributed by atoms with E-state index in [9.17, 15) is 4.79 Å². The Morgan fingerprint density at radius 3 is 2.72 bits per heavy atom. The summed E-state index contributed by atoms with van der Waals surface area (Å²) in [5, 5.41) is 0. The van der Waals surface area contributed by atoms with Crippen LogP contribution in [-0.4, -0.2) is 74.7 Å². The third-order valence-electron chi connectivity index (χ3n) is 5.40. The van der Waals surface area contributed by atoms with Gasteiger partial charge in [0.15, 0.2) is 0 Å². The number of hydrogen-bond acceptors (Lipinski definition) is 4. The van der Waals surface area contributed by atoms with Gasteiger partial charge in [0.2, 0.25) is 0 Å². The largest absolute Gasteiger partial charge is 0.378 e. The molecule has 0 N–H and O–H groups in total. The molecule has 2 aliphatic rings. The summed E-state index contributed by atoms with van der Waals surface area (Å²) in [4.78, 5) is 19.5. The SMILES string of the molecule is CC(C)N1CCC(CN(C)C(=O)c2cccc(N3CCOCC3)c2)C1. The van der Waals surface area contributed by atoms with Crippen LogP contribution in [0.15, 0.2) is 24.3 Å². The van der Waals surface area contributed by atoms with Gasteiger partial charge in [0.05, 0.1) is 13.2 Å². The zero-order valence-corrected chi connectivity index (χ0v) is 15.8. The fraction of sp³-hybridized carbons (Fsp3) is 0.650. The van der Waals surface area contributed by atoms with Crippen molar-refractivity contribution in [2.24, 2.45) is 5.92 Å². The molecule has 3 rings (SSSR count). The molecule has 0 saturated carbocycles. The topological polar surface area (TPSA) is 36.0 Å². The summed E-state index contributed by atoms with van der Waals surface area (Å²) in [5.74, 6) is 0.705. The Morgan fingerprint density at radius 1 is 1.28 bits per heavy atom. The molecular formula is C20H31N3O2. The van der Waals surface area contributed by atoms with Crippen molar-refractivity contribution in [3.8, 4) is 0 Å². The molecule has 1 amide bonds. The lowest BCUT2D eigenvalue weighted by Crippen LogP contribution is -2.36. The number of carbonyl (C=O) groups is 1. The molecule has 2 saturated heterocycles. The van der Waals surface area contributed by atoms with Crippen LogP contribution in [0.4, 0.5) is 5.69 Å². The molecule has 1 aromatic rings. The smallest absolute Gasteiger partial charge is 0.253 e. The standard InChI is InChI=1S/C20H31N3O2/c1-16(2)23-8-7-17(15-23)14-21(3)20(24)18-5-4-6-19(13-18)22-9-11-25-12-10-22/h4-6,13,16-17H,7-12,14-15H2,1-3H3. The summed E-state index contributed by atoms with van der Waals surface area (Å²) in [6.07, 6.45) is 1.18. The van der Waals surface area contributed by atoms with E-state index in [-0.39, 0.29) is 5.91 Å². The highest BCUT2D eigenvalue weighted by atomic mass is 16.5. The molecule has 2 heterocycles. The summed E-state index contributed by atoms with van der Waals surface area (Å²) in [5.41, 5.74) is 1.90. The van der Waals surface area contributed by atoms with Gasteiger partial charge in [-0.2, -0.15) is 0 Å². The number of benzene rings is 1. The molecule has 0 radical (unpaired) electrons. The minimum atomic E-state index is 0.123. The van der Waals surface area contributed by atoms with E-state index < -0.39 is 0 Å². The summed E-state index contributed by atoms with van der Waals surface area (Å²) in [6.45, 7) is 10.9. The van der Waals surface area contributed by atoms with Crippen LogP contribution in [0.1, 0.15) is 30.6 Å². The Morgan fingerprint density at radius 2 is 2.04 bits per heavy atom. The molecule has 138 valence electrons. The number of rotatable bonds is 5. The fourth-order valence-corrected chi connectivity index (χ4v) is 3.83. The van der Waals surface area contributed by atoms with Gasteiger partial charge >= 0.3 is 0 Å². The molecule has 5 nitrogen and oxygen atoms in total. The molecule has 1 aromatic carbocycles. The number of hydrogen-bond donors (Lipinski definition) is 0. The van der Waals surface area contributed by atoms with E-state index in [1.165, 1.54) is 6.42 Å². The van der Waals surface area contributed by atoms with Crippen molar-refractivity contribution in [1.82, 2.24) is 9.80 Å². The molecule has 25 heavy (non-hydrogen) atoms. The second kappa shape index (κ2) is 8.19. The van der Waals surface area contributed by atoms with Gasteiger partial charge in [-0.25, -0.2) is 0 Å². The van der Waals surface area contributed by atoms with Crippen LogP contribution in [0, 0.1) is 5.92 Å². The van der Waals surface area contributed by atoms with Crippen LogP contribution in [0.3, 0.4) is 0 Å².